The molecule has 0 spiro atoms. The summed E-state index contributed by atoms with van der Waals surface area (Å²) in [5, 5.41) is 3.43. The summed E-state index contributed by atoms with van der Waals surface area (Å²) in [7, 11) is 2.08. The zero-order chi connectivity index (χ0) is 7.83. The van der Waals surface area contributed by atoms with Gasteiger partial charge in [0.15, 0.2) is 0 Å². The lowest BCUT2D eigenvalue weighted by Crippen LogP contribution is -2.48. The van der Waals surface area contributed by atoms with Gasteiger partial charge in [0, 0.05) is 5.54 Å². The Kier molecular flexibility index (Phi) is 1.80. The standard InChI is InChI=1S/C9H19N/c1-8(2)6-5-7-9(8,3)10-4/h10H,5-7H2,1-4H3. The van der Waals surface area contributed by atoms with E-state index in [2.05, 4.69) is 33.1 Å². The first kappa shape index (κ1) is 8.06. The van der Waals surface area contributed by atoms with Crippen LogP contribution < -0.4 is 5.32 Å². The molecule has 0 aliphatic heterocycles. The predicted molar refractivity (Wildman–Crippen MR) is 45.1 cm³/mol. The van der Waals surface area contributed by atoms with Crippen molar-refractivity contribution in [3.8, 4) is 0 Å². The van der Waals surface area contributed by atoms with Gasteiger partial charge in [0.2, 0.25) is 0 Å². The SMILES string of the molecule is CNC1(C)CCCC1(C)C. The highest BCUT2D eigenvalue weighted by atomic mass is 15.0. The lowest BCUT2D eigenvalue weighted by molar-refractivity contribution is 0.189. The van der Waals surface area contributed by atoms with E-state index in [9.17, 15) is 0 Å². The van der Waals surface area contributed by atoms with Gasteiger partial charge in [-0.05, 0) is 32.2 Å². The van der Waals surface area contributed by atoms with Gasteiger partial charge in [-0.3, -0.25) is 0 Å². The maximum absolute atomic E-state index is 3.43. The van der Waals surface area contributed by atoms with Crippen LogP contribution in [0.25, 0.3) is 0 Å². The Labute approximate surface area is 64.2 Å². The third kappa shape index (κ3) is 0.968. The first-order chi connectivity index (χ1) is 4.52. The van der Waals surface area contributed by atoms with Crippen molar-refractivity contribution in [3.05, 3.63) is 0 Å². The molecule has 10 heavy (non-hydrogen) atoms. The molecule has 0 heterocycles. The molecule has 1 unspecified atom stereocenters. The topological polar surface area (TPSA) is 12.0 Å². The maximum Gasteiger partial charge on any atom is 0.0201 e. The summed E-state index contributed by atoms with van der Waals surface area (Å²) in [6, 6.07) is 0. The average Bonchev–Trinajstić information content (AvgIpc) is 2.10. The van der Waals surface area contributed by atoms with Crippen LogP contribution in [0, 0.1) is 5.41 Å². The average molecular weight is 141 g/mol. The van der Waals surface area contributed by atoms with Crippen molar-refractivity contribution in [1.29, 1.82) is 0 Å². The summed E-state index contributed by atoms with van der Waals surface area (Å²) in [5.74, 6) is 0. The minimum absolute atomic E-state index is 0.382. The highest BCUT2D eigenvalue weighted by molar-refractivity contribution is 5.00. The fourth-order valence-corrected chi connectivity index (χ4v) is 1.96. The Morgan fingerprint density at radius 2 is 1.70 bits per heavy atom. The van der Waals surface area contributed by atoms with Crippen LogP contribution in [0.15, 0.2) is 0 Å². The van der Waals surface area contributed by atoms with Gasteiger partial charge in [-0.2, -0.15) is 0 Å². The Morgan fingerprint density at radius 3 is 1.90 bits per heavy atom. The first-order valence-electron chi connectivity index (χ1n) is 4.21. The lowest BCUT2D eigenvalue weighted by Gasteiger charge is -2.38. The predicted octanol–water partition coefficient (Wildman–Crippen LogP) is 2.17. The molecule has 0 aromatic heterocycles. The zero-order valence-electron chi connectivity index (χ0n) is 7.62. The summed E-state index contributed by atoms with van der Waals surface area (Å²) in [4.78, 5) is 0. The number of hydrogen-bond acceptors (Lipinski definition) is 1. The minimum atomic E-state index is 0.382. The number of nitrogens with one attached hydrogen (secondary N) is 1. The van der Waals surface area contributed by atoms with E-state index in [-0.39, 0.29) is 0 Å². The van der Waals surface area contributed by atoms with Crippen LogP contribution in [0.1, 0.15) is 40.0 Å². The Hall–Kier alpha value is -0.0400. The van der Waals surface area contributed by atoms with Crippen LogP contribution in [0.3, 0.4) is 0 Å². The van der Waals surface area contributed by atoms with E-state index < -0.39 is 0 Å². The fraction of sp³-hybridized carbons (Fsp3) is 1.00. The Morgan fingerprint density at radius 1 is 1.10 bits per heavy atom. The molecule has 0 bridgehead atoms. The molecule has 1 heteroatoms. The van der Waals surface area contributed by atoms with Gasteiger partial charge in [-0.1, -0.05) is 20.3 Å². The second-order valence-corrected chi connectivity index (χ2v) is 4.32. The van der Waals surface area contributed by atoms with Crippen molar-refractivity contribution in [2.45, 2.75) is 45.6 Å². The highest BCUT2D eigenvalue weighted by Crippen LogP contribution is 2.45. The quantitative estimate of drug-likeness (QED) is 0.590. The third-order valence-corrected chi connectivity index (χ3v) is 3.52. The van der Waals surface area contributed by atoms with Crippen LogP contribution in [0.2, 0.25) is 0 Å². The highest BCUT2D eigenvalue weighted by Gasteiger charge is 2.43. The van der Waals surface area contributed by atoms with Gasteiger partial charge in [-0.15, -0.1) is 0 Å². The van der Waals surface area contributed by atoms with Crippen molar-refractivity contribution >= 4 is 0 Å². The summed E-state index contributed by atoms with van der Waals surface area (Å²) in [6.07, 6.45) is 4.07. The summed E-state index contributed by atoms with van der Waals surface area (Å²) in [5.41, 5.74) is 0.870. The van der Waals surface area contributed by atoms with Gasteiger partial charge < -0.3 is 5.32 Å². The third-order valence-electron chi connectivity index (χ3n) is 3.52. The molecule has 0 saturated heterocycles. The van der Waals surface area contributed by atoms with Gasteiger partial charge in [0.1, 0.15) is 0 Å². The van der Waals surface area contributed by atoms with E-state index in [0.29, 0.717) is 11.0 Å². The van der Waals surface area contributed by atoms with Crippen LogP contribution in [-0.2, 0) is 0 Å². The molecule has 1 N–H and O–H groups in total. The van der Waals surface area contributed by atoms with Gasteiger partial charge in [0.05, 0.1) is 0 Å². The Bertz CT molecular complexity index is 129. The second-order valence-electron chi connectivity index (χ2n) is 4.32. The van der Waals surface area contributed by atoms with Gasteiger partial charge in [-0.25, -0.2) is 0 Å². The van der Waals surface area contributed by atoms with E-state index >= 15 is 0 Å². The van der Waals surface area contributed by atoms with Gasteiger partial charge >= 0.3 is 0 Å². The second kappa shape index (κ2) is 2.23. The van der Waals surface area contributed by atoms with Crippen LogP contribution >= 0.6 is 0 Å². The summed E-state index contributed by atoms with van der Waals surface area (Å²) in [6.45, 7) is 7.05. The largest absolute Gasteiger partial charge is 0.314 e. The molecule has 1 aliphatic carbocycles. The molecular formula is C9H19N. The molecular weight excluding hydrogens is 122 g/mol. The summed E-state index contributed by atoms with van der Waals surface area (Å²) < 4.78 is 0. The van der Waals surface area contributed by atoms with E-state index in [1.165, 1.54) is 19.3 Å². The van der Waals surface area contributed by atoms with Crippen LogP contribution in [0.5, 0.6) is 0 Å². The normalized spacial score (nSPS) is 38.4. The molecule has 60 valence electrons. The van der Waals surface area contributed by atoms with Crippen molar-refractivity contribution in [2.24, 2.45) is 5.41 Å². The fourth-order valence-electron chi connectivity index (χ4n) is 1.96. The number of hydrogen-bond donors (Lipinski definition) is 1. The molecule has 0 aromatic carbocycles. The molecule has 1 rings (SSSR count). The zero-order valence-corrected chi connectivity index (χ0v) is 7.62. The smallest absolute Gasteiger partial charge is 0.0201 e. The van der Waals surface area contributed by atoms with Crippen molar-refractivity contribution in [1.82, 2.24) is 5.32 Å². The van der Waals surface area contributed by atoms with E-state index in [1.54, 1.807) is 0 Å². The first-order valence-corrected chi connectivity index (χ1v) is 4.21. The van der Waals surface area contributed by atoms with Crippen molar-refractivity contribution in [3.63, 3.8) is 0 Å². The van der Waals surface area contributed by atoms with Crippen LogP contribution in [-0.4, -0.2) is 12.6 Å². The maximum atomic E-state index is 3.43. The van der Waals surface area contributed by atoms with E-state index in [4.69, 9.17) is 0 Å². The van der Waals surface area contributed by atoms with Crippen molar-refractivity contribution in [2.75, 3.05) is 7.05 Å². The molecule has 0 aromatic rings. The van der Waals surface area contributed by atoms with Crippen molar-refractivity contribution < 1.29 is 0 Å². The number of rotatable bonds is 1. The van der Waals surface area contributed by atoms with Gasteiger partial charge in [0.25, 0.3) is 0 Å². The molecule has 0 radical (unpaired) electrons. The lowest BCUT2D eigenvalue weighted by atomic mass is 9.76. The van der Waals surface area contributed by atoms with Crippen LogP contribution in [0.4, 0.5) is 0 Å². The molecule has 0 amide bonds. The molecule has 1 atom stereocenters. The van der Waals surface area contributed by atoms with E-state index in [0.717, 1.165) is 0 Å². The molecule has 1 nitrogen and oxygen atoms in total. The van der Waals surface area contributed by atoms with E-state index in [1.807, 2.05) is 0 Å². The molecule has 1 aliphatic rings. The molecule has 1 saturated carbocycles. The molecule has 1 fully saturated rings. The monoisotopic (exact) mass is 141 g/mol. The minimum Gasteiger partial charge on any atom is -0.314 e. The summed E-state index contributed by atoms with van der Waals surface area (Å²) >= 11 is 0. The Balaban J connectivity index is 2.76.